The van der Waals surface area contributed by atoms with E-state index in [9.17, 15) is 4.79 Å². The van der Waals surface area contributed by atoms with Crippen molar-refractivity contribution in [3.8, 4) is 0 Å². The fourth-order valence-electron chi connectivity index (χ4n) is 1.74. The van der Waals surface area contributed by atoms with Crippen LogP contribution in [0.3, 0.4) is 0 Å². The summed E-state index contributed by atoms with van der Waals surface area (Å²) >= 11 is 1.34. The summed E-state index contributed by atoms with van der Waals surface area (Å²) in [5, 5.41) is 11.2. The molecule has 1 aromatic carbocycles. The molecule has 0 aliphatic carbocycles. The number of rotatable bonds is 5. The van der Waals surface area contributed by atoms with Gasteiger partial charge in [-0.25, -0.2) is 4.98 Å². The van der Waals surface area contributed by atoms with Gasteiger partial charge >= 0.3 is 0 Å². The summed E-state index contributed by atoms with van der Waals surface area (Å²) < 4.78 is 0. The van der Waals surface area contributed by atoms with Crippen molar-refractivity contribution < 1.29 is 4.79 Å². The third-order valence-electron chi connectivity index (χ3n) is 2.92. The number of nitrogens with zero attached hydrogens (tertiary/aromatic N) is 3. The van der Waals surface area contributed by atoms with Gasteiger partial charge in [0.15, 0.2) is 11.5 Å². The Morgan fingerprint density at radius 1 is 1.24 bits per heavy atom. The smallest absolute Gasteiger partial charge is 0.273 e. The van der Waals surface area contributed by atoms with Crippen LogP contribution in [0.15, 0.2) is 29.4 Å². The molecule has 0 aliphatic heterocycles. The number of thioether (sulfide) groups is 1. The largest absolute Gasteiger partial charge is 0.364 e. The first-order valence-electron chi connectivity index (χ1n) is 6.46. The molecule has 1 amide bonds. The topological polar surface area (TPSA) is 93.8 Å². The van der Waals surface area contributed by atoms with Crippen LogP contribution in [-0.4, -0.2) is 27.3 Å². The lowest BCUT2D eigenvalue weighted by atomic mass is 10.0. The molecule has 3 N–H and O–H groups in total. The van der Waals surface area contributed by atoms with Crippen LogP contribution in [0.25, 0.3) is 0 Å². The van der Waals surface area contributed by atoms with Crippen LogP contribution in [0.1, 0.15) is 35.8 Å². The van der Waals surface area contributed by atoms with Gasteiger partial charge in [-0.15, -0.1) is 10.2 Å². The van der Waals surface area contributed by atoms with Gasteiger partial charge in [0.25, 0.3) is 5.91 Å². The van der Waals surface area contributed by atoms with Crippen LogP contribution < -0.4 is 11.1 Å². The van der Waals surface area contributed by atoms with Crippen LogP contribution in [0.4, 0.5) is 11.5 Å². The molecule has 0 fully saturated rings. The average molecular weight is 303 g/mol. The van der Waals surface area contributed by atoms with E-state index in [0.29, 0.717) is 16.9 Å². The lowest BCUT2D eigenvalue weighted by Gasteiger charge is -2.10. The molecule has 0 bridgehead atoms. The maximum absolute atomic E-state index is 11.4. The Balaban J connectivity index is 2.31. The van der Waals surface area contributed by atoms with E-state index in [4.69, 9.17) is 5.73 Å². The molecule has 0 saturated carbocycles. The van der Waals surface area contributed by atoms with Crippen molar-refractivity contribution in [3.05, 3.63) is 35.5 Å². The van der Waals surface area contributed by atoms with E-state index < -0.39 is 5.91 Å². The van der Waals surface area contributed by atoms with E-state index in [-0.39, 0.29) is 5.69 Å². The molecule has 0 saturated heterocycles. The highest BCUT2D eigenvalue weighted by Gasteiger charge is 2.14. The fraction of sp³-hybridized carbons (Fsp3) is 0.286. The molecule has 0 aliphatic rings. The minimum Gasteiger partial charge on any atom is -0.364 e. The minimum absolute atomic E-state index is 0.0285. The summed E-state index contributed by atoms with van der Waals surface area (Å²) in [6.45, 7) is 4.26. The minimum atomic E-state index is -0.663. The first-order valence-corrected chi connectivity index (χ1v) is 7.69. The van der Waals surface area contributed by atoms with Crippen molar-refractivity contribution in [2.45, 2.75) is 24.9 Å². The second kappa shape index (κ2) is 6.53. The number of nitrogens with one attached hydrogen (secondary N) is 1. The van der Waals surface area contributed by atoms with Crippen molar-refractivity contribution in [1.82, 2.24) is 15.2 Å². The third-order valence-corrected chi connectivity index (χ3v) is 3.46. The Hall–Kier alpha value is -2.15. The molecular formula is C14H17N5OS. The summed E-state index contributed by atoms with van der Waals surface area (Å²) in [7, 11) is 0. The van der Waals surface area contributed by atoms with Crippen LogP contribution in [0.2, 0.25) is 0 Å². The SMILES string of the molecule is CSc1nnc(C(N)=O)c(Nc2ccc(C(C)C)cc2)n1. The Kier molecular flexibility index (Phi) is 4.74. The van der Waals surface area contributed by atoms with Crippen LogP contribution in [0, 0.1) is 0 Å². The number of hydrogen-bond acceptors (Lipinski definition) is 6. The molecule has 1 aromatic heterocycles. The number of benzene rings is 1. The molecule has 0 spiro atoms. The molecule has 6 nitrogen and oxygen atoms in total. The highest BCUT2D eigenvalue weighted by atomic mass is 32.2. The maximum Gasteiger partial charge on any atom is 0.273 e. The Labute approximate surface area is 127 Å². The second-order valence-electron chi connectivity index (χ2n) is 4.76. The van der Waals surface area contributed by atoms with Gasteiger partial charge in [0.2, 0.25) is 5.16 Å². The standard InChI is InChI=1S/C14H17N5OS/c1-8(2)9-4-6-10(7-5-9)16-13-11(12(15)20)18-19-14(17-13)21-3/h4-8H,1-3H3,(H2,15,20)(H,16,17,19). The third kappa shape index (κ3) is 3.69. The number of carbonyl (C=O) groups is 1. The van der Waals surface area contributed by atoms with Gasteiger partial charge in [-0.3, -0.25) is 4.79 Å². The van der Waals surface area contributed by atoms with E-state index in [1.54, 1.807) is 0 Å². The molecule has 2 rings (SSSR count). The molecule has 1 heterocycles. The monoisotopic (exact) mass is 303 g/mol. The number of aromatic nitrogens is 3. The number of nitrogens with two attached hydrogens (primary N) is 1. The number of primary amides is 1. The lowest BCUT2D eigenvalue weighted by Crippen LogP contribution is -2.17. The van der Waals surface area contributed by atoms with Gasteiger partial charge in [-0.1, -0.05) is 37.7 Å². The second-order valence-corrected chi connectivity index (χ2v) is 5.54. The van der Waals surface area contributed by atoms with E-state index in [2.05, 4.69) is 34.3 Å². The molecule has 0 atom stereocenters. The summed E-state index contributed by atoms with van der Waals surface area (Å²) in [4.78, 5) is 15.6. The van der Waals surface area contributed by atoms with E-state index in [1.165, 1.54) is 17.3 Å². The molecule has 0 radical (unpaired) electrons. The summed E-state index contributed by atoms with van der Waals surface area (Å²) in [5.74, 6) is 0.118. The first kappa shape index (κ1) is 15.2. The quantitative estimate of drug-likeness (QED) is 0.824. The Morgan fingerprint density at radius 3 is 2.43 bits per heavy atom. The van der Waals surface area contributed by atoms with Crippen molar-refractivity contribution in [2.24, 2.45) is 5.73 Å². The Bertz CT molecular complexity index is 642. The van der Waals surface area contributed by atoms with Crippen LogP contribution in [-0.2, 0) is 0 Å². The molecule has 7 heteroatoms. The molecular weight excluding hydrogens is 286 g/mol. The molecule has 21 heavy (non-hydrogen) atoms. The van der Waals surface area contributed by atoms with E-state index >= 15 is 0 Å². The van der Waals surface area contributed by atoms with Gasteiger partial charge in [-0.2, -0.15) is 0 Å². The van der Waals surface area contributed by atoms with Crippen molar-refractivity contribution in [3.63, 3.8) is 0 Å². The van der Waals surface area contributed by atoms with Crippen LogP contribution in [0.5, 0.6) is 0 Å². The number of hydrogen-bond donors (Lipinski definition) is 2. The summed E-state index contributed by atoms with van der Waals surface area (Å²) in [5.41, 5.74) is 7.38. The molecule has 110 valence electrons. The predicted molar refractivity (Wildman–Crippen MR) is 83.9 cm³/mol. The van der Waals surface area contributed by atoms with Gasteiger partial charge in [0, 0.05) is 5.69 Å². The van der Waals surface area contributed by atoms with E-state index in [0.717, 1.165) is 5.69 Å². The van der Waals surface area contributed by atoms with Crippen molar-refractivity contribution >= 4 is 29.2 Å². The van der Waals surface area contributed by atoms with Crippen molar-refractivity contribution in [2.75, 3.05) is 11.6 Å². The highest BCUT2D eigenvalue weighted by molar-refractivity contribution is 7.98. The molecule has 2 aromatic rings. The van der Waals surface area contributed by atoms with E-state index in [1.807, 2.05) is 30.5 Å². The lowest BCUT2D eigenvalue weighted by molar-refractivity contribution is 0.0995. The number of carbonyl (C=O) groups excluding carboxylic acids is 1. The predicted octanol–water partition coefficient (Wildman–Crippen LogP) is 2.56. The Morgan fingerprint density at radius 2 is 1.90 bits per heavy atom. The molecule has 0 unspecified atom stereocenters. The van der Waals surface area contributed by atoms with Gasteiger partial charge in [0.05, 0.1) is 0 Å². The summed E-state index contributed by atoms with van der Waals surface area (Å²) in [6.07, 6.45) is 1.84. The maximum atomic E-state index is 11.4. The number of anilines is 2. The first-order chi connectivity index (χ1) is 10.0. The summed E-state index contributed by atoms with van der Waals surface area (Å²) in [6, 6.07) is 7.92. The van der Waals surface area contributed by atoms with Gasteiger partial charge in [-0.05, 0) is 29.9 Å². The van der Waals surface area contributed by atoms with Gasteiger partial charge < -0.3 is 11.1 Å². The zero-order valence-corrected chi connectivity index (χ0v) is 12.9. The fourth-order valence-corrected chi connectivity index (χ4v) is 2.04. The number of amides is 1. The zero-order valence-electron chi connectivity index (χ0n) is 12.1. The average Bonchev–Trinajstić information content (AvgIpc) is 2.47. The highest BCUT2D eigenvalue weighted by Crippen LogP contribution is 2.22. The van der Waals surface area contributed by atoms with Crippen molar-refractivity contribution in [1.29, 1.82) is 0 Å². The van der Waals surface area contributed by atoms with Gasteiger partial charge in [0.1, 0.15) is 0 Å². The zero-order chi connectivity index (χ0) is 15.4. The van der Waals surface area contributed by atoms with Crippen LogP contribution >= 0.6 is 11.8 Å². The normalized spacial score (nSPS) is 10.7.